The molecule has 0 unspecified atom stereocenters. The van der Waals surface area contributed by atoms with Gasteiger partial charge >= 0.3 is 0 Å². The normalized spacial score (nSPS) is 15.5. The standard InChI is InChI=1S/C13H18Cl2N2.2ClH/c14-12-2-1-11(7-13(12)15)9-17-8-10-3-5-16-6-4-10;;/h1-2,7,10,16-17H,3-6,8-9H2;2*1H. The number of rotatable bonds is 4. The summed E-state index contributed by atoms with van der Waals surface area (Å²) in [6, 6.07) is 5.80. The van der Waals surface area contributed by atoms with Gasteiger partial charge in [0.2, 0.25) is 0 Å². The van der Waals surface area contributed by atoms with E-state index >= 15 is 0 Å². The van der Waals surface area contributed by atoms with Crippen LogP contribution < -0.4 is 10.6 Å². The number of halogens is 4. The van der Waals surface area contributed by atoms with Gasteiger partial charge in [-0.25, -0.2) is 0 Å². The highest BCUT2D eigenvalue weighted by Crippen LogP contribution is 2.22. The fourth-order valence-corrected chi connectivity index (χ4v) is 2.48. The van der Waals surface area contributed by atoms with Gasteiger partial charge in [0.1, 0.15) is 0 Å². The molecule has 6 heteroatoms. The van der Waals surface area contributed by atoms with Gasteiger partial charge in [-0.05, 0) is 56.1 Å². The molecule has 1 heterocycles. The Bertz CT molecular complexity index is 368. The molecule has 0 radical (unpaired) electrons. The van der Waals surface area contributed by atoms with Crippen molar-refractivity contribution in [1.29, 1.82) is 0 Å². The van der Waals surface area contributed by atoms with Crippen molar-refractivity contribution in [2.75, 3.05) is 19.6 Å². The molecule has 2 nitrogen and oxygen atoms in total. The molecule has 2 N–H and O–H groups in total. The molecule has 1 aliphatic rings. The van der Waals surface area contributed by atoms with Crippen LogP contribution in [0.2, 0.25) is 10.0 Å². The molecule has 1 fully saturated rings. The lowest BCUT2D eigenvalue weighted by atomic mass is 9.98. The number of piperidine rings is 1. The van der Waals surface area contributed by atoms with Crippen molar-refractivity contribution in [2.24, 2.45) is 5.92 Å². The minimum Gasteiger partial charge on any atom is -0.317 e. The molecule has 1 aliphatic heterocycles. The maximum absolute atomic E-state index is 5.97. The van der Waals surface area contributed by atoms with Crippen LogP contribution in [0.25, 0.3) is 0 Å². The minimum atomic E-state index is 0. The molecular formula is C13H20Cl4N2. The summed E-state index contributed by atoms with van der Waals surface area (Å²) in [5, 5.41) is 8.12. The number of nitrogens with one attached hydrogen (secondary N) is 2. The Morgan fingerprint density at radius 3 is 2.42 bits per heavy atom. The van der Waals surface area contributed by atoms with Gasteiger partial charge < -0.3 is 10.6 Å². The number of hydrogen-bond acceptors (Lipinski definition) is 2. The SMILES string of the molecule is Cl.Cl.Clc1ccc(CNCC2CCNCC2)cc1Cl. The van der Waals surface area contributed by atoms with E-state index in [0.29, 0.717) is 10.0 Å². The van der Waals surface area contributed by atoms with Crippen molar-refractivity contribution in [3.8, 4) is 0 Å². The highest BCUT2D eigenvalue weighted by Gasteiger charge is 2.11. The molecule has 0 aliphatic carbocycles. The second-order valence-electron chi connectivity index (χ2n) is 4.57. The lowest BCUT2D eigenvalue weighted by Gasteiger charge is -2.22. The van der Waals surface area contributed by atoms with E-state index in [9.17, 15) is 0 Å². The topological polar surface area (TPSA) is 24.1 Å². The van der Waals surface area contributed by atoms with Crippen LogP contribution in [-0.4, -0.2) is 19.6 Å². The molecule has 0 bridgehead atoms. The molecule has 0 saturated carbocycles. The van der Waals surface area contributed by atoms with Gasteiger partial charge in [-0.2, -0.15) is 0 Å². The van der Waals surface area contributed by atoms with Gasteiger partial charge in [0, 0.05) is 6.54 Å². The average molecular weight is 346 g/mol. The second kappa shape index (κ2) is 10.1. The van der Waals surface area contributed by atoms with Crippen LogP contribution >= 0.6 is 48.0 Å². The van der Waals surface area contributed by atoms with Crippen molar-refractivity contribution < 1.29 is 0 Å². The van der Waals surface area contributed by atoms with E-state index in [0.717, 1.165) is 32.1 Å². The predicted octanol–water partition coefficient (Wildman–Crippen LogP) is 3.93. The number of hydrogen-bond donors (Lipinski definition) is 2. The van der Waals surface area contributed by atoms with Crippen LogP contribution in [0.5, 0.6) is 0 Å². The van der Waals surface area contributed by atoms with Crippen molar-refractivity contribution in [3.63, 3.8) is 0 Å². The van der Waals surface area contributed by atoms with E-state index in [1.54, 1.807) is 0 Å². The summed E-state index contributed by atoms with van der Waals surface area (Å²) in [4.78, 5) is 0. The molecule has 1 aromatic carbocycles. The lowest BCUT2D eigenvalue weighted by Crippen LogP contribution is -2.33. The zero-order valence-corrected chi connectivity index (χ0v) is 13.8. The van der Waals surface area contributed by atoms with Crippen LogP contribution in [0, 0.1) is 5.92 Å². The Hall–Kier alpha value is 0.300. The first-order chi connectivity index (χ1) is 8.25. The summed E-state index contributed by atoms with van der Waals surface area (Å²) in [7, 11) is 0. The smallest absolute Gasteiger partial charge is 0.0595 e. The highest BCUT2D eigenvalue weighted by molar-refractivity contribution is 6.42. The summed E-state index contributed by atoms with van der Waals surface area (Å²) in [6.07, 6.45) is 2.54. The third kappa shape index (κ3) is 6.52. The maximum Gasteiger partial charge on any atom is 0.0595 e. The Labute approximate surface area is 137 Å². The molecule has 0 amide bonds. The third-order valence-electron chi connectivity index (χ3n) is 3.20. The fraction of sp³-hybridized carbons (Fsp3) is 0.538. The van der Waals surface area contributed by atoms with Gasteiger partial charge in [0.25, 0.3) is 0 Å². The van der Waals surface area contributed by atoms with Gasteiger partial charge in [-0.3, -0.25) is 0 Å². The van der Waals surface area contributed by atoms with Gasteiger partial charge in [-0.1, -0.05) is 29.3 Å². The van der Waals surface area contributed by atoms with Crippen molar-refractivity contribution in [3.05, 3.63) is 33.8 Å². The summed E-state index contributed by atoms with van der Waals surface area (Å²) < 4.78 is 0. The van der Waals surface area contributed by atoms with Crippen LogP contribution in [0.3, 0.4) is 0 Å². The van der Waals surface area contributed by atoms with E-state index in [1.807, 2.05) is 18.2 Å². The third-order valence-corrected chi connectivity index (χ3v) is 3.94. The second-order valence-corrected chi connectivity index (χ2v) is 5.39. The van der Waals surface area contributed by atoms with E-state index in [4.69, 9.17) is 23.2 Å². The van der Waals surface area contributed by atoms with Crippen LogP contribution in [0.1, 0.15) is 18.4 Å². The predicted molar refractivity (Wildman–Crippen MR) is 88.3 cm³/mol. The maximum atomic E-state index is 5.97. The molecule has 1 aromatic rings. The summed E-state index contributed by atoms with van der Waals surface area (Å²) in [6.45, 7) is 4.25. The molecule has 2 rings (SSSR count). The van der Waals surface area contributed by atoms with Crippen molar-refractivity contribution in [2.45, 2.75) is 19.4 Å². The largest absolute Gasteiger partial charge is 0.317 e. The molecule has 0 atom stereocenters. The van der Waals surface area contributed by atoms with E-state index in [-0.39, 0.29) is 24.8 Å². The van der Waals surface area contributed by atoms with E-state index in [2.05, 4.69) is 10.6 Å². The van der Waals surface area contributed by atoms with E-state index in [1.165, 1.54) is 18.4 Å². The summed E-state index contributed by atoms with van der Waals surface area (Å²) in [5.41, 5.74) is 1.19. The molecule has 0 aromatic heterocycles. The fourth-order valence-electron chi connectivity index (χ4n) is 2.16. The first-order valence-electron chi connectivity index (χ1n) is 6.11. The summed E-state index contributed by atoms with van der Waals surface area (Å²) in [5.74, 6) is 0.805. The minimum absolute atomic E-state index is 0. The Morgan fingerprint density at radius 2 is 1.79 bits per heavy atom. The molecule has 0 spiro atoms. The molecule has 1 saturated heterocycles. The Kier molecular flexibility index (Phi) is 10.2. The average Bonchev–Trinajstić information content (AvgIpc) is 2.35. The monoisotopic (exact) mass is 344 g/mol. The Balaban J connectivity index is 0.00000162. The van der Waals surface area contributed by atoms with Gasteiger partial charge in [-0.15, -0.1) is 24.8 Å². The first kappa shape index (κ1) is 19.3. The van der Waals surface area contributed by atoms with Gasteiger partial charge in [0.15, 0.2) is 0 Å². The van der Waals surface area contributed by atoms with Crippen LogP contribution in [-0.2, 0) is 6.54 Å². The van der Waals surface area contributed by atoms with Crippen LogP contribution in [0.4, 0.5) is 0 Å². The zero-order chi connectivity index (χ0) is 12.1. The first-order valence-corrected chi connectivity index (χ1v) is 6.86. The van der Waals surface area contributed by atoms with Crippen molar-refractivity contribution >= 4 is 48.0 Å². The molecule has 110 valence electrons. The lowest BCUT2D eigenvalue weighted by molar-refractivity contribution is 0.356. The summed E-state index contributed by atoms with van der Waals surface area (Å²) >= 11 is 11.9. The van der Waals surface area contributed by atoms with Gasteiger partial charge in [0.05, 0.1) is 10.0 Å². The van der Waals surface area contributed by atoms with E-state index < -0.39 is 0 Å². The number of benzene rings is 1. The molecule has 19 heavy (non-hydrogen) atoms. The quantitative estimate of drug-likeness (QED) is 0.864. The molecular weight excluding hydrogens is 326 g/mol. The van der Waals surface area contributed by atoms with Crippen LogP contribution in [0.15, 0.2) is 18.2 Å². The van der Waals surface area contributed by atoms with Crippen molar-refractivity contribution in [1.82, 2.24) is 10.6 Å². The Morgan fingerprint density at radius 1 is 1.11 bits per heavy atom. The highest BCUT2D eigenvalue weighted by atomic mass is 35.5. The zero-order valence-electron chi connectivity index (χ0n) is 10.6.